The molecular formula is C38H63NO7. The van der Waals surface area contributed by atoms with Crippen molar-refractivity contribution < 1.29 is 33.9 Å². The third kappa shape index (κ3) is 6.20. The lowest BCUT2D eigenvalue weighted by Gasteiger charge is -2.63. The molecule has 0 unspecified atom stereocenters. The summed E-state index contributed by atoms with van der Waals surface area (Å²) in [5.74, 6) is 1.52. The average molecular weight is 646 g/mol. The smallest absolute Gasteiger partial charge is 0.302 e. The molecule has 6 rings (SSSR count). The van der Waals surface area contributed by atoms with Crippen molar-refractivity contribution in [2.24, 2.45) is 46.3 Å². The molecule has 0 aromatic carbocycles. The first-order valence-corrected chi connectivity index (χ1v) is 19.2. The summed E-state index contributed by atoms with van der Waals surface area (Å²) in [7, 11) is 0. The predicted molar refractivity (Wildman–Crippen MR) is 175 cm³/mol. The number of fused-ring (bicyclic) bond motifs is 5. The Kier molecular flexibility index (Phi) is 10.2. The summed E-state index contributed by atoms with van der Waals surface area (Å²) in [4.78, 5) is 52.3. The van der Waals surface area contributed by atoms with Crippen molar-refractivity contribution >= 4 is 11.9 Å². The van der Waals surface area contributed by atoms with Crippen molar-refractivity contribution in [3.8, 4) is 0 Å². The molecule has 1 aliphatic heterocycles. The van der Waals surface area contributed by atoms with Crippen LogP contribution in [0.3, 0.4) is 0 Å². The summed E-state index contributed by atoms with van der Waals surface area (Å²) >= 11 is 0. The molecule has 0 bridgehead atoms. The van der Waals surface area contributed by atoms with E-state index in [-0.39, 0.29) is 22.9 Å². The van der Waals surface area contributed by atoms with Gasteiger partial charge in [-0.3, -0.25) is 9.59 Å². The number of esters is 1. The van der Waals surface area contributed by atoms with Crippen LogP contribution in [0.5, 0.6) is 0 Å². The first kappa shape index (κ1) is 34.6. The van der Waals surface area contributed by atoms with Crippen LogP contribution in [0.2, 0.25) is 0 Å². The van der Waals surface area contributed by atoms with E-state index in [0.717, 1.165) is 96.6 Å². The van der Waals surface area contributed by atoms with Gasteiger partial charge in [0.05, 0.1) is 0 Å². The number of ether oxygens (including phenoxy) is 1. The lowest BCUT2D eigenvalue weighted by Crippen LogP contribution is -2.62. The molecule has 1 saturated heterocycles. The Hall–Kier alpha value is -1.22. The van der Waals surface area contributed by atoms with Crippen LogP contribution < -0.4 is 0 Å². The van der Waals surface area contributed by atoms with Gasteiger partial charge >= 0.3 is 5.97 Å². The van der Waals surface area contributed by atoms with Gasteiger partial charge in [-0.05, 0) is 112 Å². The Morgan fingerprint density at radius 3 is 2.17 bits per heavy atom. The predicted octanol–water partition coefficient (Wildman–Crippen LogP) is 8.52. The fourth-order valence-corrected chi connectivity index (χ4v) is 11.8. The molecule has 0 N–H and O–H groups in total. The van der Waals surface area contributed by atoms with Gasteiger partial charge in [-0.1, -0.05) is 41.0 Å². The summed E-state index contributed by atoms with van der Waals surface area (Å²) in [6, 6.07) is 0. The first-order chi connectivity index (χ1) is 22.0. The quantitative estimate of drug-likeness (QED) is 0.184. The average Bonchev–Trinajstić information content (AvgIpc) is 3.41. The standard InChI is InChI=1S/C38H63NO7/c1-7-22-39(23-8-2)34(41)17-12-26(3)30-15-16-31-29-14-13-28-25-38(45-43-37(44-46-38)18-10-9-11-19-37)21-20-35(28,5)32(29)24-33(36(30,31)6)42-27(4)40/h26,28-33H,7-25H2,1-6H3/t26-,28-,29+,30-,31+,32+,33+,35+,36-/m1/s1. The van der Waals surface area contributed by atoms with E-state index in [0.29, 0.717) is 47.8 Å². The molecule has 0 radical (unpaired) electrons. The molecule has 46 heavy (non-hydrogen) atoms. The number of amides is 1. The molecule has 5 saturated carbocycles. The highest BCUT2D eigenvalue weighted by atomic mass is 17.4. The van der Waals surface area contributed by atoms with Gasteiger partial charge in [-0.2, -0.15) is 19.6 Å². The number of hydrogen-bond donors (Lipinski definition) is 0. The zero-order chi connectivity index (χ0) is 32.7. The van der Waals surface area contributed by atoms with Gasteiger partial charge in [0.25, 0.3) is 0 Å². The van der Waals surface area contributed by atoms with Gasteiger partial charge in [-0.15, -0.1) is 0 Å². The van der Waals surface area contributed by atoms with Crippen LogP contribution in [-0.4, -0.2) is 47.5 Å². The second kappa shape index (κ2) is 13.6. The summed E-state index contributed by atoms with van der Waals surface area (Å²) in [5.41, 5.74) is 0.0607. The van der Waals surface area contributed by atoms with E-state index in [1.807, 2.05) is 0 Å². The van der Waals surface area contributed by atoms with Crippen molar-refractivity contribution in [2.45, 2.75) is 168 Å². The molecular weight excluding hydrogens is 582 g/mol. The molecule has 1 heterocycles. The fraction of sp³-hybridized carbons (Fsp3) is 0.947. The van der Waals surface area contributed by atoms with E-state index in [9.17, 15) is 9.59 Å². The zero-order valence-electron chi connectivity index (χ0n) is 29.8. The topological polar surface area (TPSA) is 83.5 Å². The Labute approximate surface area is 278 Å². The first-order valence-electron chi connectivity index (χ1n) is 19.2. The molecule has 0 aromatic rings. The normalized spacial score (nSPS) is 40.0. The monoisotopic (exact) mass is 645 g/mol. The zero-order valence-corrected chi connectivity index (χ0v) is 29.8. The molecule has 5 aliphatic carbocycles. The second-order valence-electron chi connectivity index (χ2n) is 16.9. The minimum Gasteiger partial charge on any atom is -0.462 e. The van der Waals surface area contributed by atoms with E-state index in [4.69, 9.17) is 24.3 Å². The van der Waals surface area contributed by atoms with Crippen LogP contribution >= 0.6 is 0 Å². The van der Waals surface area contributed by atoms with E-state index in [2.05, 4.69) is 39.5 Å². The lowest BCUT2D eigenvalue weighted by molar-refractivity contribution is -0.665. The van der Waals surface area contributed by atoms with Crippen molar-refractivity contribution in [3.05, 3.63) is 0 Å². The third-order valence-electron chi connectivity index (χ3n) is 14.3. The van der Waals surface area contributed by atoms with Gasteiger partial charge in [0.1, 0.15) is 6.10 Å². The van der Waals surface area contributed by atoms with Crippen LogP contribution in [0.1, 0.15) is 151 Å². The highest BCUT2D eigenvalue weighted by Crippen LogP contribution is 2.70. The van der Waals surface area contributed by atoms with E-state index >= 15 is 0 Å². The maximum atomic E-state index is 13.2. The van der Waals surface area contributed by atoms with Crippen molar-refractivity contribution in [2.75, 3.05) is 13.1 Å². The second-order valence-corrected chi connectivity index (χ2v) is 16.9. The van der Waals surface area contributed by atoms with Gasteiger partial charge in [0.15, 0.2) is 0 Å². The Morgan fingerprint density at radius 1 is 0.848 bits per heavy atom. The number of hydrogen-bond acceptors (Lipinski definition) is 7. The minimum absolute atomic E-state index is 0.0630. The maximum absolute atomic E-state index is 13.2. The Bertz CT molecular complexity index is 1070. The Morgan fingerprint density at radius 2 is 1.52 bits per heavy atom. The van der Waals surface area contributed by atoms with Gasteiger partial charge in [0.2, 0.25) is 17.5 Å². The van der Waals surface area contributed by atoms with Gasteiger partial charge in [-0.25, -0.2) is 0 Å². The molecule has 1 amide bonds. The molecule has 6 fully saturated rings. The minimum atomic E-state index is -0.826. The third-order valence-corrected chi connectivity index (χ3v) is 14.3. The van der Waals surface area contributed by atoms with Crippen molar-refractivity contribution in [1.29, 1.82) is 0 Å². The van der Waals surface area contributed by atoms with Crippen LogP contribution in [-0.2, 0) is 33.9 Å². The molecule has 262 valence electrons. The van der Waals surface area contributed by atoms with Crippen LogP contribution in [0.25, 0.3) is 0 Å². The van der Waals surface area contributed by atoms with E-state index in [1.165, 1.54) is 19.3 Å². The number of rotatable bonds is 9. The number of nitrogens with zero attached hydrogens (tertiary/aromatic N) is 1. The summed E-state index contributed by atoms with van der Waals surface area (Å²) < 4.78 is 6.36. The van der Waals surface area contributed by atoms with Crippen molar-refractivity contribution in [1.82, 2.24) is 4.90 Å². The van der Waals surface area contributed by atoms with Crippen LogP contribution in [0.15, 0.2) is 0 Å². The van der Waals surface area contributed by atoms with E-state index < -0.39 is 11.6 Å². The summed E-state index contributed by atoms with van der Waals surface area (Å²) in [5, 5.41) is 0. The van der Waals surface area contributed by atoms with E-state index in [1.54, 1.807) is 6.92 Å². The largest absolute Gasteiger partial charge is 0.462 e. The summed E-state index contributed by atoms with van der Waals surface area (Å²) in [6.07, 6.45) is 16.6. The van der Waals surface area contributed by atoms with Gasteiger partial charge in [0, 0.05) is 57.5 Å². The molecule has 8 heteroatoms. The van der Waals surface area contributed by atoms with Crippen molar-refractivity contribution in [3.63, 3.8) is 0 Å². The molecule has 6 aliphatic rings. The highest BCUT2D eigenvalue weighted by molar-refractivity contribution is 5.76. The fourth-order valence-electron chi connectivity index (χ4n) is 11.8. The SMILES string of the molecule is CCCN(CCC)C(=O)CC[C@@H](C)[C@H]1CC[C@H]2[C@@H]3CC[C@@H]4CC5(CC[C@]4(C)[C@H]3C[C@H](OC(C)=O)[C@]12C)OOC1(CCCCC1)OO5. The highest BCUT2D eigenvalue weighted by Gasteiger charge is 2.67. The number of carbonyl (C=O) groups is 2. The number of carbonyl (C=O) groups excluding carboxylic acids is 2. The van der Waals surface area contributed by atoms with Crippen LogP contribution in [0, 0.1) is 46.3 Å². The molecule has 8 nitrogen and oxygen atoms in total. The molecule has 9 atom stereocenters. The summed E-state index contributed by atoms with van der Waals surface area (Å²) in [6.45, 7) is 14.9. The molecule has 2 spiro atoms. The molecule has 0 aromatic heterocycles. The lowest BCUT2D eigenvalue weighted by atomic mass is 9.43. The maximum Gasteiger partial charge on any atom is 0.302 e. The van der Waals surface area contributed by atoms with Gasteiger partial charge < -0.3 is 9.64 Å². The van der Waals surface area contributed by atoms with Crippen LogP contribution in [0.4, 0.5) is 0 Å². The Balaban J connectivity index is 1.16.